The molecule has 1 aromatic heterocycles. The molecule has 0 unspecified atom stereocenters. The predicted octanol–water partition coefficient (Wildman–Crippen LogP) is 2.47. The quantitative estimate of drug-likeness (QED) is 0.832. The third-order valence-corrected chi connectivity index (χ3v) is 3.24. The Bertz CT molecular complexity index is 404. The van der Waals surface area contributed by atoms with Crippen molar-refractivity contribution in [2.75, 3.05) is 34.2 Å². The monoisotopic (exact) mass is 281 g/mol. The van der Waals surface area contributed by atoms with Crippen molar-refractivity contribution < 1.29 is 4.42 Å². The third-order valence-electron chi connectivity index (χ3n) is 3.24. The molecule has 1 N–H and O–H groups in total. The van der Waals surface area contributed by atoms with Crippen LogP contribution in [0.25, 0.3) is 0 Å². The molecule has 0 amide bonds. The minimum Gasteiger partial charge on any atom is -0.465 e. The van der Waals surface area contributed by atoms with Crippen molar-refractivity contribution in [3.63, 3.8) is 0 Å². The van der Waals surface area contributed by atoms with E-state index in [4.69, 9.17) is 4.42 Å². The summed E-state index contributed by atoms with van der Waals surface area (Å²) in [5, 5.41) is 3.51. The molecular weight excluding hydrogens is 250 g/mol. The van der Waals surface area contributed by atoms with Crippen LogP contribution in [-0.2, 0) is 13.1 Å². The van der Waals surface area contributed by atoms with Crippen LogP contribution in [0, 0.1) is 6.92 Å². The fourth-order valence-electron chi connectivity index (χ4n) is 1.92. The van der Waals surface area contributed by atoms with Crippen molar-refractivity contribution in [2.45, 2.75) is 46.3 Å². The molecule has 0 saturated heterocycles. The average molecular weight is 281 g/mol. The zero-order valence-electron chi connectivity index (χ0n) is 14.2. The molecule has 1 aromatic rings. The van der Waals surface area contributed by atoms with Gasteiger partial charge in [0, 0.05) is 30.7 Å². The van der Waals surface area contributed by atoms with E-state index in [1.165, 1.54) is 5.56 Å². The minimum atomic E-state index is 0.131. The lowest BCUT2D eigenvalue weighted by atomic mass is 10.1. The van der Waals surface area contributed by atoms with Gasteiger partial charge in [0.25, 0.3) is 0 Å². The molecule has 4 heteroatoms. The highest BCUT2D eigenvalue weighted by molar-refractivity contribution is 5.20. The number of aryl methyl sites for hydroxylation is 1. The van der Waals surface area contributed by atoms with E-state index in [1.54, 1.807) is 0 Å². The van der Waals surface area contributed by atoms with E-state index in [0.717, 1.165) is 37.7 Å². The van der Waals surface area contributed by atoms with Crippen LogP contribution < -0.4 is 5.32 Å². The van der Waals surface area contributed by atoms with Gasteiger partial charge in [-0.15, -0.1) is 0 Å². The summed E-state index contributed by atoms with van der Waals surface area (Å²) in [6.07, 6.45) is 0. The summed E-state index contributed by atoms with van der Waals surface area (Å²) in [6.45, 7) is 12.4. The van der Waals surface area contributed by atoms with E-state index < -0.39 is 0 Å². The van der Waals surface area contributed by atoms with Crippen LogP contribution in [0.15, 0.2) is 10.5 Å². The predicted molar refractivity (Wildman–Crippen MR) is 84.9 cm³/mol. The van der Waals surface area contributed by atoms with Gasteiger partial charge < -0.3 is 14.6 Å². The van der Waals surface area contributed by atoms with E-state index >= 15 is 0 Å². The summed E-state index contributed by atoms with van der Waals surface area (Å²) >= 11 is 0. The van der Waals surface area contributed by atoms with Crippen molar-refractivity contribution >= 4 is 0 Å². The second kappa shape index (κ2) is 7.25. The smallest absolute Gasteiger partial charge is 0.118 e. The molecular formula is C16H31N3O. The Balaban J connectivity index is 2.52. The molecule has 1 heterocycles. The maximum absolute atomic E-state index is 5.86. The van der Waals surface area contributed by atoms with E-state index in [2.05, 4.69) is 63.1 Å². The van der Waals surface area contributed by atoms with E-state index in [-0.39, 0.29) is 5.54 Å². The van der Waals surface area contributed by atoms with Gasteiger partial charge in [-0.25, -0.2) is 0 Å². The average Bonchev–Trinajstić information content (AvgIpc) is 2.63. The van der Waals surface area contributed by atoms with Crippen molar-refractivity contribution in [3.8, 4) is 0 Å². The van der Waals surface area contributed by atoms with Gasteiger partial charge in [0.1, 0.15) is 11.5 Å². The minimum absolute atomic E-state index is 0.131. The molecule has 0 fully saturated rings. The molecule has 1 rings (SSSR count). The molecule has 0 saturated carbocycles. The van der Waals surface area contributed by atoms with Crippen molar-refractivity contribution in [1.29, 1.82) is 0 Å². The topological polar surface area (TPSA) is 31.7 Å². The molecule has 0 aromatic carbocycles. The summed E-state index contributed by atoms with van der Waals surface area (Å²) < 4.78 is 5.86. The van der Waals surface area contributed by atoms with Crippen LogP contribution in [0.1, 0.15) is 37.9 Å². The summed E-state index contributed by atoms with van der Waals surface area (Å²) in [6, 6.07) is 2.18. The number of hydrogen-bond acceptors (Lipinski definition) is 4. The highest BCUT2D eigenvalue weighted by atomic mass is 16.3. The largest absolute Gasteiger partial charge is 0.465 e. The van der Waals surface area contributed by atoms with Gasteiger partial charge in [-0.3, -0.25) is 4.90 Å². The van der Waals surface area contributed by atoms with Crippen LogP contribution in [0.4, 0.5) is 0 Å². The number of nitrogens with zero attached hydrogens (tertiary/aromatic N) is 2. The highest BCUT2D eigenvalue weighted by Crippen LogP contribution is 2.17. The van der Waals surface area contributed by atoms with Gasteiger partial charge in [0.15, 0.2) is 0 Å². The maximum atomic E-state index is 5.86. The Kier molecular flexibility index (Phi) is 6.24. The summed E-state index contributed by atoms with van der Waals surface area (Å²) in [5.41, 5.74) is 1.39. The maximum Gasteiger partial charge on any atom is 0.118 e. The highest BCUT2D eigenvalue weighted by Gasteiger charge is 2.13. The van der Waals surface area contributed by atoms with E-state index in [0.29, 0.717) is 0 Å². The molecule has 0 aliphatic heterocycles. The van der Waals surface area contributed by atoms with Gasteiger partial charge in [0.05, 0.1) is 6.54 Å². The Morgan fingerprint density at radius 3 is 2.35 bits per heavy atom. The molecule has 0 aliphatic carbocycles. The first-order valence-corrected chi connectivity index (χ1v) is 7.34. The third kappa shape index (κ3) is 6.55. The zero-order chi connectivity index (χ0) is 15.3. The second-order valence-corrected chi connectivity index (χ2v) is 6.94. The van der Waals surface area contributed by atoms with E-state index in [1.807, 2.05) is 6.92 Å². The number of likely N-dealkylation sites (N-methyl/N-ethyl adjacent to an activating group) is 2. The first-order valence-electron chi connectivity index (χ1n) is 7.34. The van der Waals surface area contributed by atoms with Crippen LogP contribution in [0.5, 0.6) is 0 Å². The fourth-order valence-corrected chi connectivity index (χ4v) is 1.92. The molecule has 20 heavy (non-hydrogen) atoms. The lowest BCUT2D eigenvalue weighted by Crippen LogP contribution is -2.35. The van der Waals surface area contributed by atoms with Crippen molar-refractivity contribution in [3.05, 3.63) is 23.2 Å². The summed E-state index contributed by atoms with van der Waals surface area (Å²) in [5.74, 6) is 2.08. The summed E-state index contributed by atoms with van der Waals surface area (Å²) in [7, 11) is 6.33. The Hall–Kier alpha value is -0.840. The van der Waals surface area contributed by atoms with E-state index in [9.17, 15) is 0 Å². The lowest BCUT2D eigenvalue weighted by Gasteiger charge is -2.20. The molecule has 0 atom stereocenters. The lowest BCUT2D eigenvalue weighted by molar-refractivity contribution is 0.257. The zero-order valence-corrected chi connectivity index (χ0v) is 14.2. The van der Waals surface area contributed by atoms with Gasteiger partial charge >= 0.3 is 0 Å². The first-order chi connectivity index (χ1) is 9.17. The first kappa shape index (κ1) is 17.2. The Morgan fingerprint density at radius 2 is 1.80 bits per heavy atom. The molecule has 0 aliphatic rings. The number of hydrogen-bond donors (Lipinski definition) is 1. The second-order valence-electron chi connectivity index (χ2n) is 6.94. The normalized spacial score (nSPS) is 12.7. The number of rotatable bonds is 7. The molecule has 0 bridgehead atoms. The van der Waals surface area contributed by atoms with Crippen LogP contribution >= 0.6 is 0 Å². The van der Waals surface area contributed by atoms with Gasteiger partial charge in [-0.05, 0) is 54.9 Å². The fraction of sp³-hybridized carbons (Fsp3) is 0.750. The molecule has 116 valence electrons. The van der Waals surface area contributed by atoms with Gasteiger partial charge in [-0.2, -0.15) is 0 Å². The van der Waals surface area contributed by atoms with Crippen molar-refractivity contribution in [2.24, 2.45) is 0 Å². The molecule has 0 radical (unpaired) electrons. The van der Waals surface area contributed by atoms with Crippen LogP contribution in [0.2, 0.25) is 0 Å². The SMILES string of the molecule is Cc1oc(CN(C)CCN(C)C)cc1CNC(C)(C)C. The molecule has 0 spiro atoms. The summed E-state index contributed by atoms with van der Waals surface area (Å²) in [4.78, 5) is 4.49. The number of nitrogens with one attached hydrogen (secondary N) is 1. The molecule has 4 nitrogen and oxygen atoms in total. The Morgan fingerprint density at radius 1 is 1.15 bits per heavy atom. The van der Waals surface area contributed by atoms with Crippen molar-refractivity contribution in [1.82, 2.24) is 15.1 Å². The van der Waals surface area contributed by atoms with Gasteiger partial charge in [0.2, 0.25) is 0 Å². The standard InChI is InChI=1S/C16H31N3O/c1-13-14(11-17-16(2,3)4)10-15(20-13)12-19(7)9-8-18(5)6/h10,17H,8-9,11-12H2,1-7H3. The van der Waals surface area contributed by atoms with Gasteiger partial charge in [-0.1, -0.05) is 0 Å². The van der Waals surface area contributed by atoms with Crippen LogP contribution in [-0.4, -0.2) is 49.6 Å². The van der Waals surface area contributed by atoms with Crippen LogP contribution in [0.3, 0.4) is 0 Å². The Labute approximate surface area is 124 Å². The number of furan rings is 1.